The molecule has 3 unspecified atom stereocenters. The Morgan fingerprint density at radius 2 is 1.94 bits per heavy atom. The molecule has 0 aromatic carbocycles. The fraction of sp³-hybridized carbons (Fsp3) is 0.900. The Bertz CT molecular complexity index is 372. The van der Waals surface area contributed by atoms with Crippen LogP contribution in [0.25, 0.3) is 0 Å². The van der Waals surface area contributed by atoms with E-state index in [-0.39, 0.29) is 47.1 Å². The van der Waals surface area contributed by atoms with E-state index in [4.69, 9.17) is 10.8 Å². The molecule has 1 rings (SSSR count). The molecule has 3 atom stereocenters. The van der Waals surface area contributed by atoms with E-state index >= 15 is 0 Å². The average Bonchev–Trinajstić information content (AvgIpc) is 2.15. The van der Waals surface area contributed by atoms with E-state index in [9.17, 15) is 17.8 Å². The van der Waals surface area contributed by atoms with Crippen LogP contribution >= 0.6 is 0 Å². The zero-order chi connectivity index (χ0) is 13.1. The first kappa shape index (κ1) is 18.3. The Labute approximate surface area is 129 Å². The smallest absolute Gasteiger partial charge is 0.748 e. The third kappa shape index (κ3) is 7.06. The Morgan fingerprint density at radius 1 is 1.39 bits per heavy atom. The van der Waals surface area contributed by atoms with Gasteiger partial charge < -0.3 is 15.4 Å². The van der Waals surface area contributed by atoms with Crippen molar-refractivity contribution in [3.05, 3.63) is 0 Å². The average molecular weight is 287 g/mol. The van der Waals surface area contributed by atoms with E-state index in [1.54, 1.807) is 0 Å². The Hall–Kier alpha value is 0.340. The summed E-state index contributed by atoms with van der Waals surface area (Å²) >= 11 is 0. The normalized spacial score (nSPS) is 26.1. The summed E-state index contributed by atoms with van der Waals surface area (Å²) in [6, 6.07) is -0.900. The molecule has 1 aliphatic rings. The van der Waals surface area contributed by atoms with Gasteiger partial charge in [0.15, 0.2) is 0 Å². The van der Waals surface area contributed by atoms with Gasteiger partial charge in [-0.2, -0.15) is 0 Å². The monoisotopic (exact) mass is 287 g/mol. The molecule has 3 N–H and O–H groups in total. The first-order valence-corrected chi connectivity index (χ1v) is 7.27. The van der Waals surface area contributed by atoms with Crippen molar-refractivity contribution in [3.8, 4) is 0 Å². The number of rotatable bonds is 5. The second kappa shape index (κ2) is 7.81. The summed E-state index contributed by atoms with van der Waals surface area (Å²) in [7, 11) is -4.19. The minimum absolute atomic E-state index is 0. The van der Waals surface area contributed by atoms with E-state index in [0.717, 1.165) is 19.3 Å². The van der Waals surface area contributed by atoms with Crippen LogP contribution in [0, 0.1) is 11.8 Å². The van der Waals surface area contributed by atoms with E-state index in [1.165, 1.54) is 0 Å². The molecule has 100 valence electrons. The van der Waals surface area contributed by atoms with Crippen LogP contribution < -0.4 is 35.3 Å². The molecule has 0 bridgehead atoms. The maximum atomic E-state index is 10.7. The number of hydrogen-bond acceptors (Lipinski definition) is 5. The Balaban J connectivity index is 0.00000289. The second-order valence-corrected chi connectivity index (χ2v) is 6.25. The largest absolute Gasteiger partial charge is 1.00 e. The molecular weight excluding hydrogens is 269 g/mol. The van der Waals surface area contributed by atoms with Gasteiger partial charge in [-0.15, -0.1) is 0 Å². The van der Waals surface area contributed by atoms with Crippen LogP contribution in [0.4, 0.5) is 0 Å². The molecule has 0 heterocycles. The molecular formula is C10H18NNaO5S. The van der Waals surface area contributed by atoms with Crippen molar-refractivity contribution in [1.82, 2.24) is 0 Å². The molecule has 6 nitrogen and oxygen atoms in total. The SMILES string of the molecule is NC(CC1CCCC(CS(=O)(=O)[O-])C1)C(=O)O.[Na+]. The standard InChI is InChI=1S/C10H19NO5S.Na/c11-9(10(12)13)5-7-2-1-3-8(4-7)6-17(14,15)16;/h7-9H,1-6,11H2,(H,12,13)(H,14,15,16);/q;+1/p-1. The predicted molar refractivity (Wildman–Crippen MR) is 60.2 cm³/mol. The number of aliphatic carboxylic acids is 1. The Kier molecular flexibility index (Phi) is 7.96. The molecule has 8 heteroatoms. The number of carboxylic acids is 1. The molecule has 1 fully saturated rings. The predicted octanol–water partition coefficient (Wildman–Crippen LogP) is -2.86. The summed E-state index contributed by atoms with van der Waals surface area (Å²) in [6.45, 7) is 0. The molecule has 1 aliphatic carbocycles. The van der Waals surface area contributed by atoms with Gasteiger partial charge in [0.2, 0.25) is 0 Å². The van der Waals surface area contributed by atoms with Crippen LogP contribution in [-0.2, 0) is 14.9 Å². The number of carbonyl (C=O) groups is 1. The molecule has 0 aromatic heterocycles. The van der Waals surface area contributed by atoms with Crippen LogP contribution in [0.3, 0.4) is 0 Å². The number of nitrogens with two attached hydrogens (primary N) is 1. The van der Waals surface area contributed by atoms with Crippen LogP contribution in [0.15, 0.2) is 0 Å². The first-order chi connectivity index (χ1) is 7.78. The van der Waals surface area contributed by atoms with Crippen molar-refractivity contribution in [2.45, 2.75) is 38.1 Å². The molecule has 0 amide bonds. The minimum atomic E-state index is -4.19. The van der Waals surface area contributed by atoms with Crippen molar-refractivity contribution in [1.29, 1.82) is 0 Å². The van der Waals surface area contributed by atoms with Crippen LogP contribution in [-0.4, -0.2) is 35.8 Å². The fourth-order valence-electron chi connectivity index (χ4n) is 2.52. The van der Waals surface area contributed by atoms with Gasteiger partial charge in [0.25, 0.3) is 0 Å². The van der Waals surface area contributed by atoms with Gasteiger partial charge in [-0.05, 0) is 31.1 Å². The van der Waals surface area contributed by atoms with Crippen molar-refractivity contribution < 1.29 is 52.4 Å². The van der Waals surface area contributed by atoms with E-state index in [1.807, 2.05) is 0 Å². The topological polar surface area (TPSA) is 121 Å². The van der Waals surface area contributed by atoms with Gasteiger partial charge in [-0.1, -0.05) is 12.8 Å². The molecule has 0 aromatic rings. The van der Waals surface area contributed by atoms with Gasteiger partial charge in [-0.25, -0.2) is 8.42 Å². The third-order valence-corrected chi connectivity index (χ3v) is 4.12. The van der Waals surface area contributed by atoms with Gasteiger partial charge in [0, 0.05) is 5.75 Å². The fourth-order valence-corrected chi connectivity index (χ4v) is 3.40. The minimum Gasteiger partial charge on any atom is -0.748 e. The molecule has 18 heavy (non-hydrogen) atoms. The van der Waals surface area contributed by atoms with E-state index in [2.05, 4.69) is 0 Å². The van der Waals surface area contributed by atoms with Crippen molar-refractivity contribution in [2.75, 3.05) is 5.75 Å². The van der Waals surface area contributed by atoms with Crippen LogP contribution in [0.2, 0.25) is 0 Å². The van der Waals surface area contributed by atoms with Gasteiger partial charge in [0.1, 0.15) is 6.04 Å². The maximum absolute atomic E-state index is 10.7. The second-order valence-electron chi connectivity index (χ2n) is 4.80. The summed E-state index contributed by atoms with van der Waals surface area (Å²) in [6.07, 6.45) is 3.35. The van der Waals surface area contributed by atoms with Crippen molar-refractivity contribution >= 4 is 16.1 Å². The Morgan fingerprint density at radius 3 is 2.44 bits per heavy atom. The van der Waals surface area contributed by atoms with Gasteiger partial charge in [0.05, 0.1) is 10.1 Å². The quantitative estimate of drug-likeness (QED) is 0.414. The molecule has 0 aliphatic heterocycles. The zero-order valence-corrected chi connectivity index (χ0v) is 13.4. The van der Waals surface area contributed by atoms with Crippen molar-refractivity contribution in [2.24, 2.45) is 17.6 Å². The molecule has 0 saturated heterocycles. The van der Waals surface area contributed by atoms with E-state index < -0.39 is 22.1 Å². The first-order valence-electron chi connectivity index (χ1n) is 5.70. The summed E-state index contributed by atoms with van der Waals surface area (Å²) in [5.41, 5.74) is 5.44. The van der Waals surface area contributed by atoms with Crippen LogP contribution in [0.5, 0.6) is 0 Å². The number of hydrogen-bond donors (Lipinski definition) is 2. The maximum Gasteiger partial charge on any atom is 1.00 e. The summed E-state index contributed by atoms with van der Waals surface area (Å²) in [4.78, 5) is 10.6. The van der Waals surface area contributed by atoms with Crippen LogP contribution in [0.1, 0.15) is 32.1 Å². The number of carboxylic acid groups (broad SMARTS) is 1. The summed E-state index contributed by atoms with van der Waals surface area (Å²) in [5.74, 6) is -1.41. The zero-order valence-electron chi connectivity index (χ0n) is 10.5. The molecule has 0 radical (unpaired) electrons. The molecule has 0 spiro atoms. The third-order valence-electron chi connectivity index (χ3n) is 3.24. The van der Waals surface area contributed by atoms with Gasteiger partial charge in [-0.3, -0.25) is 4.79 Å². The summed E-state index contributed by atoms with van der Waals surface area (Å²) < 4.78 is 32.0. The van der Waals surface area contributed by atoms with E-state index in [0.29, 0.717) is 12.8 Å². The van der Waals surface area contributed by atoms with Gasteiger partial charge >= 0.3 is 35.5 Å². The molecule has 1 saturated carbocycles. The van der Waals surface area contributed by atoms with Crippen molar-refractivity contribution in [3.63, 3.8) is 0 Å². The summed E-state index contributed by atoms with van der Waals surface area (Å²) in [5, 5.41) is 8.69.